The van der Waals surface area contributed by atoms with Crippen molar-refractivity contribution in [2.75, 3.05) is 0 Å². The monoisotopic (exact) mass is 217 g/mol. The molecule has 0 saturated carbocycles. The van der Waals surface area contributed by atoms with E-state index in [4.69, 9.17) is 0 Å². The van der Waals surface area contributed by atoms with Gasteiger partial charge >= 0.3 is 0 Å². The lowest BCUT2D eigenvalue weighted by Crippen LogP contribution is -2.23. The third kappa shape index (κ3) is 2.22. The smallest absolute Gasteiger partial charge is 0.253 e. The van der Waals surface area contributed by atoms with Crippen molar-refractivity contribution in [1.29, 1.82) is 0 Å². The molecule has 0 aliphatic rings. The van der Waals surface area contributed by atoms with Gasteiger partial charge in [0.2, 0.25) is 0 Å². The van der Waals surface area contributed by atoms with Gasteiger partial charge in [-0.25, -0.2) is 0 Å². The van der Waals surface area contributed by atoms with Crippen molar-refractivity contribution >= 4 is 5.91 Å². The molecule has 2 heterocycles. The number of hydrogen-bond donors (Lipinski definition) is 2. The van der Waals surface area contributed by atoms with Crippen LogP contribution >= 0.6 is 0 Å². The fourth-order valence-electron chi connectivity index (χ4n) is 1.26. The lowest BCUT2D eigenvalue weighted by Gasteiger charge is -2.03. The summed E-state index contributed by atoms with van der Waals surface area (Å²) in [6.45, 7) is 2.35. The molecule has 2 aromatic heterocycles. The molecule has 0 aromatic carbocycles. The Morgan fingerprint density at radius 3 is 2.94 bits per heavy atom. The van der Waals surface area contributed by atoms with Gasteiger partial charge in [0.15, 0.2) is 0 Å². The van der Waals surface area contributed by atoms with E-state index in [0.717, 1.165) is 11.3 Å². The highest BCUT2D eigenvalue weighted by Crippen LogP contribution is 2.02. The van der Waals surface area contributed by atoms with Crippen molar-refractivity contribution in [2.24, 2.45) is 0 Å². The first-order valence-corrected chi connectivity index (χ1v) is 4.81. The predicted molar refractivity (Wildman–Crippen MR) is 56.5 cm³/mol. The van der Waals surface area contributed by atoms with Crippen LogP contribution < -0.4 is 5.32 Å². The van der Waals surface area contributed by atoms with Gasteiger partial charge in [-0.2, -0.15) is 15.3 Å². The second-order valence-corrected chi connectivity index (χ2v) is 3.33. The lowest BCUT2D eigenvalue weighted by molar-refractivity contribution is 0.0950. The van der Waals surface area contributed by atoms with Gasteiger partial charge in [0.25, 0.3) is 5.91 Å². The van der Waals surface area contributed by atoms with E-state index in [-0.39, 0.29) is 5.91 Å². The van der Waals surface area contributed by atoms with E-state index < -0.39 is 0 Å². The van der Waals surface area contributed by atoms with Crippen molar-refractivity contribution in [3.8, 4) is 0 Å². The summed E-state index contributed by atoms with van der Waals surface area (Å²) in [7, 11) is 0. The van der Waals surface area contributed by atoms with E-state index in [2.05, 4.69) is 25.7 Å². The molecule has 0 aliphatic carbocycles. The number of hydrogen-bond acceptors (Lipinski definition) is 4. The Balaban J connectivity index is 1.97. The van der Waals surface area contributed by atoms with Gasteiger partial charge in [0.1, 0.15) is 0 Å². The summed E-state index contributed by atoms with van der Waals surface area (Å²) in [4.78, 5) is 11.6. The Kier molecular flexibility index (Phi) is 2.90. The summed E-state index contributed by atoms with van der Waals surface area (Å²) in [5, 5.41) is 16.7. The Morgan fingerprint density at radius 2 is 2.31 bits per heavy atom. The largest absolute Gasteiger partial charge is 0.348 e. The van der Waals surface area contributed by atoms with Crippen LogP contribution in [0.25, 0.3) is 0 Å². The Bertz CT molecular complexity index is 479. The number of rotatable bonds is 3. The number of amides is 1. The van der Waals surface area contributed by atoms with Crippen molar-refractivity contribution in [1.82, 2.24) is 25.7 Å². The van der Waals surface area contributed by atoms with Crippen LogP contribution in [0.15, 0.2) is 24.7 Å². The maximum Gasteiger partial charge on any atom is 0.253 e. The van der Waals surface area contributed by atoms with E-state index in [0.29, 0.717) is 12.1 Å². The Morgan fingerprint density at radius 1 is 1.44 bits per heavy atom. The van der Waals surface area contributed by atoms with Gasteiger partial charge < -0.3 is 5.32 Å². The van der Waals surface area contributed by atoms with Crippen molar-refractivity contribution in [2.45, 2.75) is 13.5 Å². The molecule has 0 fully saturated rings. The lowest BCUT2D eigenvalue weighted by atomic mass is 10.2. The highest BCUT2D eigenvalue weighted by molar-refractivity contribution is 5.93. The molecule has 0 spiro atoms. The molecule has 0 unspecified atom stereocenters. The molecule has 82 valence electrons. The molecule has 2 N–H and O–H groups in total. The van der Waals surface area contributed by atoms with Crippen LogP contribution in [0.2, 0.25) is 0 Å². The Labute approximate surface area is 92.1 Å². The molecule has 0 saturated heterocycles. The molecule has 16 heavy (non-hydrogen) atoms. The molecule has 2 rings (SSSR count). The molecule has 0 bridgehead atoms. The zero-order valence-corrected chi connectivity index (χ0v) is 8.77. The highest BCUT2D eigenvalue weighted by atomic mass is 16.1. The van der Waals surface area contributed by atoms with Crippen LogP contribution in [0.3, 0.4) is 0 Å². The number of carbonyl (C=O) groups is 1. The van der Waals surface area contributed by atoms with E-state index in [1.807, 2.05) is 6.92 Å². The zero-order valence-electron chi connectivity index (χ0n) is 8.77. The van der Waals surface area contributed by atoms with Crippen LogP contribution in [-0.4, -0.2) is 26.3 Å². The highest BCUT2D eigenvalue weighted by Gasteiger charge is 2.06. The molecule has 2 aromatic rings. The van der Waals surface area contributed by atoms with E-state index >= 15 is 0 Å². The summed E-state index contributed by atoms with van der Waals surface area (Å²) in [6.07, 6.45) is 4.61. The van der Waals surface area contributed by atoms with E-state index in [1.54, 1.807) is 12.3 Å². The van der Waals surface area contributed by atoms with Crippen LogP contribution in [-0.2, 0) is 6.54 Å². The maximum atomic E-state index is 11.6. The minimum absolute atomic E-state index is 0.171. The van der Waals surface area contributed by atoms with E-state index in [9.17, 15) is 4.79 Å². The molecule has 0 aliphatic heterocycles. The van der Waals surface area contributed by atoms with Crippen LogP contribution in [0.1, 0.15) is 21.6 Å². The first kappa shape index (κ1) is 10.3. The fourth-order valence-corrected chi connectivity index (χ4v) is 1.26. The number of aromatic nitrogens is 4. The van der Waals surface area contributed by atoms with Gasteiger partial charge in [-0.1, -0.05) is 0 Å². The first-order valence-electron chi connectivity index (χ1n) is 4.81. The summed E-state index contributed by atoms with van der Waals surface area (Å²) < 4.78 is 0. The number of aromatic amines is 1. The topological polar surface area (TPSA) is 83.6 Å². The van der Waals surface area contributed by atoms with Crippen molar-refractivity contribution in [3.63, 3.8) is 0 Å². The standard InChI is InChI=1S/C10H11N5O/c1-7-9(6-14-15-7)4-11-10(16)8-2-3-12-13-5-8/h2-3,5-6H,4H2,1H3,(H,11,16)(H,14,15). The minimum atomic E-state index is -0.171. The molecular formula is C10H11N5O. The van der Waals surface area contributed by atoms with Crippen LogP contribution in [0.5, 0.6) is 0 Å². The fraction of sp³-hybridized carbons (Fsp3) is 0.200. The predicted octanol–water partition coefficient (Wildman–Crippen LogP) is 0.438. The SMILES string of the molecule is Cc1[nH]ncc1CNC(=O)c1ccnnc1. The van der Waals surface area contributed by atoms with Crippen LogP contribution in [0.4, 0.5) is 0 Å². The summed E-state index contributed by atoms with van der Waals surface area (Å²) in [5.41, 5.74) is 2.42. The summed E-state index contributed by atoms with van der Waals surface area (Å²) in [6, 6.07) is 1.62. The van der Waals surface area contributed by atoms with Gasteiger partial charge in [-0.15, -0.1) is 0 Å². The second-order valence-electron chi connectivity index (χ2n) is 3.33. The van der Waals surface area contributed by atoms with Gasteiger partial charge in [-0.3, -0.25) is 9.89 Å². The number of nitrogens with zero attached hydrogens (tertiary/aromatic N) is 3. The van der Waals surface area contributed by atoms with E-state index in [1.165, 1.54) is 12.4 Å². The van der Waals surface area contributed by atoms with Gasteiger partial charge in [-0.05, 0) is 13.0 Å². The summed E-state index contributed by atoms with van der Waals surface area (Å²) >= 11 is 0. The number of carbonyl (C=O) groups excluding carboxylic acids is 1. The molecule has 0 radical (unpaired) electrons. The molecule has 1 amide bonds. The van der Waals surface area contributed by atoms with Gasteiger partial charge in [0.05, 0.1) is 24.2 Å². The average Bonchev–Trinajstić information content (AvgIpc) is 2.73. The number of nitrogens with one attached hydrogen (secondary N) is 2. The first-order chi connectivity index (χ1) is 7.77. The number of aryl methyl sites for hydroxylation is 1. The average molecular weight is 217 g/mol. The van der Waals surface area contributed by atoms with Gasteiger partial charge in [0, 0.05) is 17.8 Å². The number of H-pyrrole nitrogens is 1. The minimum Gasteiger partial charge on any atom is -0.348 e. The third-order valence-electron chi connectivity index (χ3n) is 2.22. The quantitative estimate of drug-likeness (QED) is 0.781. The maximum absolute atomic E-state index is 11.6. The molecule has 6 heteroatoms. The van der Waals surface area contributed by atoms with Crippen molar-refractivity contribution in [3.05, 3.63) is 41.5 Å². The normalized spacial score (nSPS) is 10.1. The van der Waals surface area contributed by atoms with Crippen molar-refractivity contribution < 1.29 is 4.79 Å². The third-order valence-corrected chi connectivity index (χ3v) is 2.22. The van der Waals surface area contributed by atoms with Crippen LogP contribution in [0, 0.1) is 6.92 Å². The molecular weight excluding hydrogens is 206 g/mol. The Hall–Kier alpha value is -2.24. The molecule has 6 nitrogen and oxygen atoms in total. The summed E-state index contributed by atoms with van der Waals surface area (Å²) in [5.74, 6) is -0.171. The zero-order chi connectivity index (χ0) is 11.4. The second kappa shape index (κ2) is 4.52. The molecule has 0 atom stereocenters.